The Balaban J connectivity index is 1.96. The number of hydrogen-bond donors (Lipinski definition) is 0. The Morgan fingerprint density at radius 3 is 1.97 bits per heavy atom. The molecule has 4 nitrogen and oxygen atoms in total. The van der Waals surface area contributed by atoms with Gasteiger partial charge in [-0.1, -0.05) is 72.7 Å². The summed E-state index contributed by atoms with van der Waals surface area (Å²) in [6.07, 6.45) is 0.470. The van der Waals surface area contributed by atoms with Crippen LogP contribution in [0.1, 0.15) is 78.0 Å². The number of benzene rings is 2. The van der Waals surface area contributed by atoms with Crippen molar-refractivity contribution in [1.29, 1.82) is 0 Å². The Bertz CT molecular complexity index is 915. The second kappa shape index (κ2) is 8.02. The molecule has 0 aliphatic rings. The van der Waals surface area contributed by atoms with E-state index in [2.05, 4.69) is 76.9 Å². The van der Waals surface area contributed by atoms with Crippen molar-refractivity contribution in [2.45, 2.75) is 71.8 Å². The lowest BCUT2D eigenvalue weighted by Crippen LogP contribution is -2.16. The van der Waals surface area contributed by atoms with Gasteiger partial charge in [0.1, 0.15) is 5.75 Å². The fraction of sp³-hybridized carbons (Fsp3) is 0.440. The molecule has 3 rings (SSSR count). The topological polar surface area (TPSA) is 48.2 Å². The van der Waals surface area contributed by atoms with Crippen LogP contribution < -0.4 is 4.74 Å². The van der Waals surface area contributed by atoms with Crippen molar-refractivity contribution in [2.24, 2.45) is 0 Å². The second-order valence-corrected chi connectivity index (χ2v) is 9.57. The summed E-state index contributed by atoms with van der Waals surface area (Å²) in [6, 6.07) is 16.3. The van der Waals surface area contributed by atoms with Gasteiger partial charge in [0.25, 0.3) is 5.89 Å². The van der Waals surface area contributed by atoms with E-state index in [4.69, 9.17) is 9.15 Å². The minimum Gasteiger partial charge on any atom is -0.481 e. The van der Waals surface area contributed by atoms with Crippen molar-refractivity contribution in [3.63, 3.8) is 0 Å². The fourth-order valence-electron chi connectivity index (χ4n) is 3.07. The van der Waals surface area contributed by atoms with Crippen LogP contribution in [0.5, 0.6) is 5.75 Å². The largest absolute Gasteiger partial charge is 0.481 e. The van der Waals surface area contributed by atoms with E-state index in [0.29, 0.717) is 11.8 Å². The first kappa shape index (κ1) is 21.1. The first-order valence-corrected chi connectivity index (χ1v) is 10.3. The lowest BCUT2D eigenvalue weighted by molar-refractivity contribution is 0.166. The minimum atomic E-state index is -0.272. The molecule has 1 aromatic heterocycles. The second-order valence-electron chi connectivity index (χ2n) is 9.57. The Morgan fingerprint density at radius 1 is 0.862 bits per heavy atom. The summed E-state index contributed by atoms with van der Waals surface area (Å²) in [6.45, 7) is 15.4. The van der Waals surface area contributed by atoms with Crippen molar-refractivity contribution < 1.29 is 9.15 Å². The van der Waals surface area contributed by atoms with Crippen molar-refractivity contribution in [2.75, 3.05) is 0 Å². The van der Waals surface area contributed by atoms with Crippen molar-refractivity contribution in [1.82, 2.24) is 10.2 Å². The number of aromatic nitrogens is 2. The molecule has 0 radical (unpaired) electrons. The van der Waals surface area contributed by atoms with Crippen LogP contribution in [0.25, 0.3) is 11.5 Å². The molecule has 0 fully saturated rings. The molecule has 0 aliphatic heterocycles. The van der Waals surface area contributed by atoms with E-state index in [1.807, 2.05) is 30.3 Å². The van der Waals surface area contributed by atoms with Crippen LogP contribution >= 0.6 is 0 Å². The summed E-state index contributed by atoms with van der Waals surface area (Å²) in [5, 5.41) is 8.65. The van der Waals surface area contributed by atoms with Crippen LogP contribution in [0.3, 0.4) is 0 Å². The highest BCUT2D eigenvalue weighted by Gasteiger charge is 2.24. The zero-order valence-electron chi connectivity index (χ0n) is 18.6. The Labute approximate surface area is 174 Å². The highest BCUT2D eigenvalue weighted by atomic mass is 16.5. The van der Waals surface area contributed by atoms with E-state index >= 15 is 0 Å². The molecule has 29 heavy (non-hydrogen) atoms. The SMILES string of the molecule is CCC(Oc1ccccc1)c1nnc(-c2cc(C(C)(C)C)cc(C(C)(C)C)c2)o1. The predicted molar refractivity (Wildman–Crippen MR) is 117 cm³/mol. The zero-order valence-corrected chi connectivity index (χ0v) is 18.6. The molecule has 0 amide bonds. The van der Waals surface area contributed by atoms with E-state index in [1.165, 1.54) is 11.1 Å². The predicted octanol–water partition coefficient (Wildman–Crippen LogP) is 6.86. The maximum atomic E-state index is 6.08. The normalized spacial score (nSPS) is 13.3. The number of rotatable bonds is 5. The summed E-state index contributed by atoms with van der Waals surface area (Å²) < 4.78 is 12.1. The molecule has 0 bridgehead atoms. The van der Waals surface area contributed by atoms with Gasteiger partial charge in [-0.15, -0.1) is 10.2 Å². The first-order chi connectivity index (χ1) is 13.6. The number of para-hydroxylation sites is 1. The van der Waals surface area contributed by atoms with Crippen LogP contribution in [0, 0.1) is 0 Å². The Morgan fingerprint density at radius 2 is 1.45 bits per heavy atom. The van der Waals surface area contributed by atoms with Gasteiger partial charge in [0.2, 0.25) is 5.89 Å². The lowest BCUT2D eigenvalue weighted by atomic mass is 9.79. The Kier molecular flexibility index (Phi) is 5.83. The average molecular weight is 393 g/mol. The van der Waals surface area contributed by atoms with Crippen LogP contribution in [-0.2, 0) is 10.8 Å². The van der Waals surface area contributed by atoms with E-state index in [1.54, 1.807) is 0 Å². The van der Waals surface area contributed by atoms with Crippen LogP contribution in [0.4, 0.5) is 0 Å². The molecule has 1 unspecified atom stereocenters. The Hall–Kier alpha value is -2.62. The molecule has 0 spiro atoms. The molecule has 2 aromatic carbocycles. The standard InChI is InChI=1S/C25H32N2O2/c1-8-21(28-20-12-10-9-11-13-20)23-27-26-22(29-23)17-14-18(24(2,3)4)16-19(15-17)25(5,6)7/h9-16,21H,8H2,1-7H3. The zero-order chi connectivity index (χ0) is 21.2. The summed E-state index contributed by atoms with van der Waals surface area (Å²) in [5.74, 6) is 1.83. The van der Waals surface area contributed by atoms with Gasteiger partial charge in [0.15, 0.2) is 6.10 Å². The third-order valence-corrected chi connectivity index (χ3v) is 5.02. The van der Waals surface area contributed by atoms with E-state index in [9.17, 15) is 0 Å². The minimum absolute atomic E-state index is 0.0290. The number of ether oxygens (including phenoxy) is 1. The summed E-state index contributed by atoms with van der Waals surface area (Å²) >= 11 is 0. The van der Waals surface area contributed by atoms with Gasteiger partial charge < -0.3 is 9.15 Å². The summed E-state index contributed by atoms with van der Waals surface area (Å²) in [5.41, 5.74) is 3.53. The molecule has 3 aromatic rings. The molecule has 154 valence electrons. The lowest BCUT2D eigenvalue weighted by Gasteiger charge is -2.25. The van der Waals surface area contributed by atoms with Crippen LogP contribution in [-0.4, -0.2) is 10.2 Å². The number of hydrogen-bond acceptors (Lipinski definition) is 4. The molecule has 0 N–H and O–H groups in total. The first-order valence-electron chi connectivity index (χ1n) is 10.3. The molecule has 1 atom stereocenters. The average Bonchev–Trinajstić information content (AvgIpc) is 3.15. The monoisotopic (exact) mass is 392 g/mol. The van der Waals surface area contributed by atoms with Gasteiger partial charge in [-0.3, -0.25) is 0 Å². The molecular weight excluding hydrogens is 360 g/mol. The van der Waals surface area contributed by atoms with Gasteiger partial charge >= 0.3 is 0 Å². The molecule has 1 heterocycles. The van der Waals surface area contributed by atoms with E-state index in [-0.39, 0.29) is 16.9 Å². The van der Waals surface area contributed by atoms with Crippen molar-refractivity contribution in [3.05, 3.63) is 65.5 Å². The van der Waals surface area contributed by atoms with Crippen LogP contribution in [0.15, 0.2) is 52.9 Å². The molecule has 0 aliphatic carbocycles. The molecule has 0 saturated heterocycles. The van der Waals surface area contributed by atoms with E-state index in [0.717, 1.165) is 17.7 Å². The van der Waals surface area contributed by atoms with Gasteiger partial charge in [0, 0.05) is 5.56 Å². The third-order valence-electron chi connectivity index (χ3n) is 5.02. The van der Waals surface area contributed by atoms with Gasteiger partial charge in [-0.05, 0) is 52.6 Å². The summed E-state index contributed by atoms with van der Waals surface area (Å²) in [7, 11) is 0. The van der Waals surface area contributed by atoms with Crippen LogP contribution in [0.2, 0.25) is 0 Å². The van der Waals surface area contributed by atoms with Gasteiger partial charge in [0.05, 0.1) is 0 Å². The summed E-state index contributed by atoms with van der Waals surface area (Å²) in [4.78, 5) is 0. The molecule has 0 saturated carbocycles. The van der Waals surface area contributed by atoms with Gasteiger partial charge in [-0.25, -0.2) is 0 Å². The maximum absolute atomic E-state index is 6.08. The highest BCUT2D eigenvalue weighted by molar-refractivity contribution is 5.57. The van der Waals surface area contributed by atoms with E-state index < -0.39 is 0 Å². The maximum Gasteiger partial charge on any atom is 0.257 e. The number of nitrogens with zero attached hydrogens (tertiary/aromatic N) is 2. The van der Waals surface area contributed by atoms with Crippen molar-refractivity contribution >= 4 is 0 Å². The van der Waals surface area contributed by atoms with Crippen molar-refractivity contribution in [3.8, 4) is 17.2 Å². The third kappa shape index (κ3) is 5.06. The smallest absolute Gasteiger partial charge is 0.257 e. The molecule has 4 heteroatoms. The highest BCUT2D eigenvalue weighted by Crippen LogP contribution is 2.34. The van der Waals surface area contributed by atoms with Gasteiger partial charge in [-0.2, -0.15) is 0 Å². The quantitative estimate of drug-likeness (QED) is 0.476. The fourth-order valence-corrected chi connectivity index (χ4v) is 3.07. The molecular formula is C25H32N2O2.